The molecular formula is C39H45ClFN7O5. The van der Waals surface area contributed by atoms with E-state index in [9.17, 15) is 9.59 Å². The third-order valence-electron chi connectivity index (χ3n) is 10.6. The second-order valence-electron chi connectivity index (χ2n) is 15.9. The number of rotatable bonds is 4. The van der Waals surface area contributed by atoms with E-state index >= 15 is 4.39 Å². The lowest BCUT2D eigenvalue weighted by molar-refractivity contribution is -0.0366. The van der Waals surface area contributed by atoms with Crippen LogP contribution in [-0.4, -0.2) is 107 Å². The van der Waals surface area contributed by atoms with Crippen molar-refractivity contribution < 1.29 is 28.2 Å². The highest BCUT2D eigenvalue weighted by Gasteiger charge is 2.49. The first kappa shape index (κ1) is 35.6. The van der Waals surface area contributed by atoms with Gasteiger partial charge in [-0.05, 0) is 79.6 Å². The van der Waals surface area contributed by atoms with Crippen LogP contribution in [0.25, 0.3) is 32.9 Å². The van der Waals surface area contributed by atoms with E-state index in [-0.39, 0.29) is 40.8 Å². The summed E-state index contributed by atoms with van der Waals surface area (Å²) in [4.78, 5) is 38.9. The molecule has 1 unspecified atom stereocenters. The smallest absolute Gasteiger partial charge is 0.410 e. The number of anilines is 2. The lowest BCUT2D eigenvalue weighted by Gasteiger charge is -2.53. The Labute approximate surface area is 313 Å². The van der Waals surface area contributed by atoms with Crippen molar-refractivity contribution in [3.8, 4) is 17.0 Å². The van der Waals surface area contributed by atoms with Gasteiger partial charge in [0, 0.05) is 47.6 Å². The van der Waals surface area contributed by atoms with Gasteiger partial charge in [-0.1, -0.05) is 23.7 Å². The number of carbonyl (C=O) groups excluding carboxylic acids is 2. The first-order chi connectivity index (χ1) is 25.3. The monoisotopic (exact) mass is 745 g/mol. The molecule has 2 saturated heterocycles. The van der Waals surface area contributed by atoms with Gasteiger partial charge in [-0.2, -0.15) is 5.10 Å². The van der Waals surface area contributed by atoms with Crippen molar-refractivity contribution in [3.05, 3.63) is 46.5 Å². The Kier molecular flexibility index (Phi) is 8.84. The highest BCUT2D eigenvalue weighted by molar-refractivity contribution is 6.35. The zero-order valence-electron chi connectivity index (χ0n) is 31.2. The van der Waals surface area contributed by atoms with Gasteiger partial charge in [-0.3, -0.25) is 0 Å². The van der Waals surface area contributed by atoms with E-state index in [1.807, 2.05) is 75.3 Å². The molecule has 53 heavy (non-hydrogen) atoms. The van der Waals surface area contributed by atoms with Crippen molar-refractivity contribution in [3.63, 3.8) is 0 Å². The molecule has 4 aliphatic rings. The molecule has 12 nitrogen and oxygen atoms in total. The van der Waals surface area contributed by atoms with Gasteiger partial charge in [-0.25, -0.2) is 23.6 Å². The zero-order valence-corrected chi connectivity index (χ0v) is 32.0. The lowest BCUT2D eigenvalue weighted by atomic mass is 9.92. The minimum absolute atomic E-state index is 0.0968. The minimum Gasteiger partial charge on any atom is -0.470 e. The predicted molar refractivity (Wildman–Crippen MR) is 202 cm³/mol. The average Bonchev–Trinajstić information content (AvgIpc) is 3.53. The molecule has 2 fully saturated rings. The highest BCUT2D eigenvalue weighted by Crippen LogP contribution is 2.53. The number of halogens is 2. The molecule has 4 aromatic rings. The fourth-order valence-electron chi connectivity index (χ4n) is 8.36. The largest absolute Gasteiger partial charge is 0.470 e. The Balaban J connectivity index is 1.34. The van der Waals surface area contributed by atoms with E-state index in [1.165, 1.54) is 0 Å². The van der Waals surface area contributed by atoms with Crippen molar-refractivity contribution in [2.24, 2.45) is 0 Å². The van der Waals surface area contributed by atoms with Crippen molar-refractivity contribution in [2.45, 2.75) is 83.9 Å². The number of aromatic nitrogens is 3. The van der Waals surface area contributed by atoms with Gasteiger partial charge in [0.1, 0.15) is 34.5 Å². The van der Waals surface area contributed by atoms with Gasteiger partial charge in [0.25, 0.3) is 0 Å². The quantitative estimate of drug-likeness (QED) is 0.209. The number of amides is 1. The average molecular weight is 746 g/mol. The van der Waals surface area contributed by atoms with Crippen LogP contribution >= 0.6 is 11.6 Å². The summed E-state index contributed by atoms with van der Waals surface area (Å²) in [5.74, 6) is 1.85. The lowest BCUT2D eigenvalue weighted by Crippen LogP contribution is -2.64. The number of likely N-dealkylation sites (N-methyl/N-ethyl adjacent to an activating group) is 1. The Morgan fingerprint density at radius 3 is 2.64 bits per heavy atom. The van der Waals surface area contributed by atoms with E-state index in [2.05, 4.69) is 10.8 Å². The summed E-state index contributed by atoms with van der Waals surface area (Å²) in [6, 6.07) is 4.80. The van der Waals surface area contributed by atoms with Crippen LogP contribution < -0.4 is 14.5 Å². The number of fused-ring (bicyclic) bond motifs is 5. The summed E-state index contributed by atoms with van der Waals surface area (Å²) in [6.45, 7) is 11.3. The topological polar surface area (TPSA) is 106 Å². The molecule has 1 amide bonds. The maximum absolute atomic E-state index is 17.6. The third-order valence-corrected chi connectivity index (χ3v) is 10.9. The molecule has 0 aliphatic carbocycles. The molecule has 2 aromatic carbocycles. The van der Waals surface area contributed by atoms with Crippen LogP contribution in [0, 0.1) is 12.7 Å². The van der Waals surface area contributed by atoms with Crippen LogP contribution in [0.4, 0.5) is 20.6 Å². The second kappa shape index (κ2) is 13.2. The molecule has 0 saturated carbocycles. The van der Waals surface area contributed by atoms with Crippen LogP contribution in [0.5, 0.6) is 5.88 Å². The molecule has 6 heterocycles. The number of nitrogens with zero attached hydrogens (tertiary/aromatic N) is 7. The van der Waals surface area contributed by atoms with Crippen LogP contribution in [0.1, 0.15) is 58.7 Å². The first-order valence-electron chi connectivity index (χ1n) is 18.3. The number of hydrogen-bond acceptors (Lipinski definition) is 10. The summed E-state index contributed by atoms with van der Waals surface area (Å²) < 4.78 is 38.0. The number of hydrogen-bond donors (Lipinski definition) is 0. The number of pyridine rings is 1. The maximum atomic E-state index is 17.6. The SMILES string of the molecule is Cc1ccc2cnn(C3CCCCO3)c2c1-c1c(Cl)cc2c3c4c(nc2c1F)O[C@H](CN(C)C)CN4C(=C=O)[C@H]1CN(C(=O)OC(C)(C)C)[C@H](C)CN31. The fraction of sp³-hybridized carbons (Fsp3) is 0.513. The molecule has 0 N–H and O–H groups in total. The van der Waals surface area contributed by atoms with E-state index in [0.717, 1.165) is 35.7 Å². The van der Waals surface area contributed by atoms with E-state index < -0.39 is 29.7 Å². The van der Waals surface area contributed by atoms with Gasteiger partial charge in [0.2, 0.25) is 5.88 Å². The van der Waals surface area contributed by atoms with E-state index in [1.54, 1.807) is 17.2 Å². The minimum atomic E-state index is -0.702. The van der Waals surface area contributed by atoms with Crippen molar-refractivity contribution in [1.29, 1.82) is 0 Å². The molecule has 2 aromatic heterocycles. The molecular weight excluding hydrogens is 701 g/mol. The molecule has 4 atom stereocenters. The summed E-state index contributed by atoms with van der Waals surface area (Å²) in [5, 5.41) is 6.25. The Morgan fingerprint density at radius 1 is 1.15 bits per heavy atom. The summed E-state index contributed by atoms with van der Waals surface area (Å²) in [6.07, 6.45) is 3.44. The Morgan fingerprint density at radius 2 is 1.94 bits per heavy atom. The Hall–Kier alpha value is -4.42. The fourth-order valence-corrected chi connectivity index (χ4v) is 8.65. The van der Waals surface area contributed by atoms with Crippen LogP contribution in [0.2, 0.25) is 5.02 Å². The normalized spacial score (nSPS) is 22.9. The number of piperazine rings is 1. The number of ether oxygens (including phenoxy) is 3. The summed E-state index contributed by atoms with van der Waals surface area (Å²) in [5.41, 5.74) is 3.39. The zero-order chi connectivity index (χ0) is 37.5. The maximum Gasteiger partial charge on any atom is 0.410 e. The van der Waals surface area contributed by atoms with E-state index in [4.69, 9.17) is 35.9 Å². The summed E-state index contributed by atoms with van der Waals surface area (Å²) in [7, 11) is 3.88. The third kappa shape index (κ3) is 5.98. The van der Waals surface area contributed by atoms with Gasteiger partial charge in [-0.15, -0.1) is 0 Å². The van der Waals surface area contributed by atoms with Gasteiger partial charge in [0.15, 0.2) is 12.0 Å². The molecule has 0 bridgehead atoms. The molecule has 14 heteroatoms. The van der Waals surface area contributed by atoms with E-state index in [0.29, 0.717) is 54.3 Å². The van der Waals surface area contributed by atoms with Crippen molar-refractivity contribution in [2.75, 3.05) is 56.7 Å². The first-order valence-corrected chi connectivity index (χ1v) is 18.7. The second-order valence-corrected chi connectivity index (χ2v) is 16.3. The number of aryl methyl sites for hydroxylation is 1. The van der Waals surface area contributed by atoms with Gasteiger partial charge in [0.05, 0.1) is 41.6 Å². The van der Waals surface area contributed by atoms with Crippen molar-refractivity contribution in [1.82, 2.24) is 24.6 Å². The standard InChI is InChI=1S/C39H45ClFN7O5/c1-21-11-12-23-15-42-48(29-10-8-9-13-51-29)34(23)30(21)31-26(40)14-25-33(32(31)41)43-37-36-35(25)46-16-22(2)45(38(50)53-39(3,4)5)19-27(46)28(20-49)47(36)18-24(52-37)17-44(6)7/h11-12,14-15,22,24,27,29H,8-10,13,16-19H2,1-7H3/t22-,24-,27-,29?/m1/s1. The summed E-state index contributed by atoms with van der Waals surface area (Å²) >= 11 is 7.22. The molecule has 0 spiro atoms. The number of benzene rings is 2. The molecule has 8 rings (SSSR count). The van der Waals surface area contributed by atoms with Crippen LogP contribution in [0.15, 0.2) is 30.1 Å². The van der Waals surface area contributed by atoms with Gasteiger partial charge < -0.3 is 33.8 Å². The molecule has 280 valence electrons. The van der Waals surface area contributed by atoms with Gasteiger partial charge >= 0.3 is 6.09 Å². The van der Waals surface area contributed by atoms with Crippen LogP contribution in [0.3, 0.4) is 0 Å². The molecule has 0 radical (unpaired) electrons. The molecule has 4 aliphatic heterocycles. The number of carbonyl (C=O) groups is 1. The Bertz CT molecular complexity index is 2190. The van der Waals surface area contributed by atoms with Crippen molar-refractivity contribution >= 4 is 56.8 Å². The predicted octanol–water partition coefficient (Wildman–Crippen LogP) is 6.72. The highest BCUT2D eigenvalue weighted by atomic mass is 35.5. The van der Waals surface area contributed by atoms with Crippen LogP contribution in [-0.2, 0) is 14.3 Å².